The normalized spacial score (nSPS) is 11.6. The molecule has 1 rings (SSSR count). The standard InChI is InChI=1S/C14H23N3O2/c1-10(2)14(3,4)9-16-12(18)8-17-7-11(15)5-6-13(17)19/h5-7,10H,8-9,15H2,1-4H3,(H,16,18). The van der Waals surface area contributed by atoms with E-state index in [2.05, 4.69) is 33.0 Å². The van der Waals surface area contributed by atoms with Crippen molar-refractivity contribution in [2.45, 2.75) is 34.2 Å². The van der Waals surface area contributed by atoms with Crippen molar-refractivity contribution in [2.75, 3.05) is 12.3 Å². The van der Waals surface area contributed by atoms with Crippen LogP contribution in [0.25, 0.3) is 0 Å². The number of carbonyl (C=O) groups excluding carboxylic acids is 1. The fourth-order valence-electron chi connectivity index (χ4n) is 1.41. The average Bonchev–Trinajstić information content (AvgIpc) is 2.31. The lowest BCUT2D eigenvalue weighted by molar-refractivity contribution is -0.122. The van der Waals surface area contributed by atoms with Gasteiger partial charge in [0.05, 0.1) is 0 Å². The van der Waals surface area contributed by atoms with Crippen LogP contribution in [-0.2, 0) is 11.3 Å². The van der Waals surface area contributed by atoms with Crippen LogP contribution < -0.4 is 16.6 Å². The Morgan fingerprint density at radius 3 is 2.63 bits per heavy atom. The molecule has 0 saturated carbocycles. The fraction of sp³-hybridized carbons (Fsp3) is 0.571. The second-order valence-electron chi connectivity index (χ2n) is 5.85. The molecule has 19 heavy (non-hydrogen) atoms. The Morgan fingerprint density at radius 2 is 2.05 bits per heavy atom. The summed E-state index contributed by atoms with van der Waals surface area (Å²) in [6.45, 7) is 9.02. The summed E-state index contributed by atoms with van der Waals surface area (Å²) in [5, 5.41) is 2.86. The van der Waals surface area contributed by atoms with Gasteiger partial charge in [-0.2, -0.15) is 0 Å². The van der Waals surface area contributed by atoms with E-state index >= 15 is 0 Å². The number of amides is 1. The molecule has 0 atom stereocenters. The molecule has 0 saturated heterocycles. The molecule has 3 N–H and O–H groups in total. The summed E-state index contributed by atoms with van der Waals surface area (Å²) in [6, 6.07) is 2.89. The van der Waals surface area contributed by atoms with Crippen LogP contribution in [0.4, 0.5) is 5.69 Å². The predicted octanol–water partition coefficient (Wildman–Crippen LogP) is 1.23. The van der Waals surface area contributed by atoms with Crippen molar-refractivity contribution in [1.29, 1.82) is 0 Å². The van der Waals surface area contributed by atoms with E-state index in [-0.39, 0.29) is 23.4 Å². The number of hydrogen-bond acceptors (Lipinski definition) is 3. The molecule has 0 aliphatic heterocycles. The molecule has 1 aromatic heterocycles. The molecule has 1 aromatic rings. The Morgan fingerprint density at radius 1 is 1.42 bits per heavy atom. The van der Waals surface area contributed by atoms with E-state index in [1.54, 1.807) is 0 Å². The smallest absolute Gasteiger partial charge is 0.251 e. The molecule has 0 fully saturated rings. The molecule has 0 spiro atoms. The van der Waals surface area contributed by atoms with Crippen molar-refractivity contribution in [3.63, 3.8) is 0 Å². The third-order valence-electron chi connectivity index (χ3n) is 3.62. The maximum absolute atomic E-state index is 11.8. The van der Waals surface area contributed by atoms with Crippen LogP contribution in [0.15, 0.2) is 23.1 Å². The Balaban J connectivity index is 2.61. The monoisotopic (exact) mass is 265 g/mol. The minimum absolute atomic E-state index is 0.00194. The van der Waals surface area contributed by atoms with Crippen LogP contribution in [-0.4, -0.2) is 17.0 Å². The maximum Gasteiger partial charge on any atom is 0.251 e. The highest BCUT2D eigenvalue weighted by molar-refractivity contribution is 5.75. The van der Waals surface area contributed by atoms with E-state index in [1.807, 2.05) is 0 Å². The average molecular weight is 265 g/mol. The first-order valence-electron chi connectivity index (χ1n) is 6.45. The first-order chi connectivity index (χ1) is 8.72. The van der Waals surface area contributed by atoms with Gasteiger partial charge in [-0.25, -0.2) is 0 Å². The minimum atomic E-state index is -0.229. The summed E-state index contributed by atoms with van der Waals surface area (Å²) in [6.07, 6.45) is 1.48. The number of hydrogen-bond donors (Lipinski definition) is 2. The third-order valence-corrected chi connectivity index (χ3v) is 3.62. The lowest BCUT2D eigenvalue weighted by Crippen LogP contribution is -2.39. The summed E-state index contributed by atoms with van der Waals surface area (Å²) in [7, 11) is 0. The number of nitrogens with zero attached hydrogens (tertiary/aromatic N) is 1. The molecule has 1 amide bonds. The number of pyridine rings is 1. The van der Waals surface area contributed by atoms with E-state index in [0.29, 0.717) is 18.2 Å². The van der Waals surface area contributed by atoms with Crippen molar-refractivity contribution in [1.82, 2.24) is 9.88 Å². The molecule has 1 heterocycles. The van der Waals surface area contributed by atoms with Crippen molar-refractivity contribution < 1.29 is 4.79 Å². The van der Waals surface area contributed by atoms with Crippen molar-refractivity contribution in [2.24, 2.45) is 11.3 Å². The molecule has 5 nitrogen and oxygen atoms in total. The van der Waals surface area contributed by atoms with Crippen LogP contribution in [0.5, 0.6) is 0 Å². The minimum Gasteiger partial charge on any atom is -0.398 e. The second kappa shape index (κ2) is 5.91. The van der Waals surface area contributed by atoms with Gasteiger partial charge in [0.15, 0.2) is 0 Å². The van der Waals surface area contributed by atoms with Crippen molar-refractivity contribution >= 4 is 11.6 Å². The Kier molecular flexibility index (Phi) is 4.75. The Labute approximate surface area is 113 Å². The molecule has 0 bridgehead atoms. The highest BCUT2D eigenvalue weighted by Crippen LogP contribution is 2.24. The number of nitrogens with two attached hydrogens (primary N) is 1. The number of aromatic nitrogens is 1. The largest absolute Gasteiger partial charge is 0.398 e. The quantitative estimate of drug-likeness (QED) is 0.840. The van der Waals surface area contributed by atoms with Crippen LogP contribution in [0.3, 0.4) is 0 Å². The topological polar surface area (TPSA) is 77.1 Å². The molecule has 106 valence electrons. The molecule has 0 aliphatic rings. The lowest BCUT2D eigenvalue weighted by Gasteiger charge is -2.29. The molecule has 0 unspecified atom stereocenters. The van der Waals surface area contributed by atoms with Crippen molar-refractivity contribution in [3.8, 4) is 0 Å². The van der Waals surface area contributed by atoms with Gasteiger partial charge in [0, 0.05) is 24.5 Å². The zero-order chi connectivity index (χ0) is 14.6. The molecule has 0 aromatic carbocycles. The van der Waals surface area contributed by atoms with Gasteiger partial charge >= 0.3 is 0 Å². The van der Waals surface area contributed by atoms with Gasteiger partial charge in [-0.1, -0.05) is 27.7 Å². The molecule has 0 aliphatic carbocycles. The Hall–Kier alpha value is -1.78. The number of anilines is 1. The summed E-state index contributed by atoms with van der Waals surface area (Å²) in [5.74, 6) is 0.282. The molecule has 0 radical (unpaired) electrons. The van der Waals surface area contributed by atoms with Gasteiger partial charge < -0.3 is 15.6 Å². The maximum atomic E-state index is 11.8. The zero-order valence-corrected chi connectivity index (χ0v) is 12.1. The number of nitrogen functional groups attached to an aromatic ring is 1. The van der Waals surface area contributed by atoms with Gasteiger partial charge in [-0.05, 0) is 17.4 Å². The lowest BCUT2D eigenvalue weighted by atomic mass is 9.81. The van der Waals surface area contributed by atoms with E-state index in [0.717, 1.165) is 0 Å². The molecule has 5 heteroatoms. The first kappa shape index (κ1) is 15.3. The van der Waals surface area contributed by atoms with Crippen LogP contribution in [0.2, 0.25) is 0 Å². The number of rotatable bonds is 5. The fourth-order valence-corrected chi connectivity index (χ4v) is 1.41. The molecular formula is C14H23N3O2. The predicted molar refractivity (Wildman–Crippen MR) is 76.7 cm³/mol. The zero-order valence-electron chi connectivity index (χ0n) is 12.1. The van der Waals surface area contributed by atoms with E-state index < -0.39 is 0 Å². The molecular weight excluding hydrogens is 242 g/mol. The number of carbonyl (C=O) groups is 1. The van der Waals surface area contributed by atoms with E-state index in [4.69, 9.17) is 5.73 Å². The van der Waals surface area contributed by atoms with Gasteiger partial charge in [-0.15, -0.1) is 0 Å². The van der Waals surface area contributed by atoms with Crippen molar-refractivity contribution in [3.05, 3.63) is 28.7 Å². The summed E-state index contributed by atoms with van der Waals surface area (Å²) in [5.41, 5.74) is 5.86. The van der Waals surface area contributed by atoms with Crippen LogP contribution in [0.1, 0.15) is 27.7 Å². The van der Waals surface area contributed by atoms with E-state index in [1.165, 1.54) is 22.9 Å². The summed E-state index contributed by atoms with van der Waals surface area (Å²) >= 11 is 0. The van der Waals surface area contributed by atoms with Gasteiger partial charge in [0.2, 0.25) is 5.91 Å². The van der Waals surface area contributed by atoms with Crippen LogP contribution >= 0.6 is 0 Å². The second-order valence-corrected chi connectivity index (χ2v) is 5.85. The van der Waals surface area contributed by atoms with Crippen LogP contribution in [0, 0.1) is 11.3 Å². The van der Waals surface area contributed by atoms with Gasteiger partial charge in [0.25, 0.3) is 5.56 Å². The summed E-state index contributed by atoms with van der Waals surface area (Å²) in [4.78, 5) is 23.4. The third kappa shape index (κ3) is 4.43. The number of nitrogens with one attached hydrogen (secondary N) is 1. The SMILES string of the molecule is CC(C)C(C)(C)CNC(=O)Cn1cc(N)ccc1=O. The van der Waals surface area contributed by atoms with E-state index in [9.17, 15) is 9.59 Å². The van der Waals surface area contributed by atoms with Gasteiger partial charge in [-0.3, -0.25) is 9.59 Å². The first-order valence-corrected chi connectivity index (χ1v) is 6.45. The van der Waals surface area contributed by atoms with Gasteiger partial charge in [0.1, 0.15) is 6.54 Å². The highest BCUT2D eigenvalue weighted by Gasteiger charge is 2.22. The summed E-state index contributed by atoms with van der Waals surface area (Å²) < 4.78 is 1.31. The Bertz CT molecular complexity index is 504. The highest BCUT2D eigenvalue weighted by atomic mass is 16.2.